The van der Waals surface area contributed by atoms with E-state index in [0.29, 0.717) is 40.4 Å². The molecular weight excluding hydrogens is 457 g/mol. The lowest BCUT2D eigenvalue weighted by Crippen LogP contribution is -2.14. The van der Waals surface area contributed by atoms with Gasteiger partial charge in [0.05, 0.1) is 29.1 Å². The van der Waals surface area contributed by atoms with Gasteiger partial charge in [-0.05, 0) is 42.5 Å². The second kappa shape index (κ2) is 10.1. The maximum Gasteiger partial charge on any atom is 0.416 e. The monoisotopic (exact) mass is 480 g/mol. The molecule has 4 rings (SSSR count). The van der Waals surface area contributed by atoms with Crippen LogP contribution in [0.5, 0.6) is 5.75 Å². The molecule has 0 aliphatic rings. The molecule has 1 heterocycles. The molecule has 180 valence electrons. The second-order valence-corrected chi connectivity index (χ2v) is 8.23. The van der Waals surface area contributed by atoms with Gasteiger partial charge in [0.1, 0.15) is 5.75 Å². The van der Waals surface area contributed by atoms with Crippen molar-refractivity contribution in [3.05, 3.63) is 90.0 Å². The largest absolute Gasteiger partial charge is 0.493 e. The highest BCUT2D eigenvalue weighted by atomic mass is 19.4. The van der Waals surface area contributed by atoms with E-state index in [9.17, 15) is 18.0 Å². The van der Waals surface area contributed by atoms with Crippen molar-refractivity contribution in [2.45, 2.75) is 13.1 Å². The van der Waals surface area contributed by atoms with Gasteiger partial charge in [-0.1, -0.05) is 43.3 Å². The zero-order chi connectivity index (χ0) is 25.0. The predicted octanol–water partition coefficient (Wildman–Crippen LogP) is 6.18. The first-order chi connectivity index (χ1) is 16.7. The van der Waals surface area contributed by atoms with Crippen molar-refractivity contribution < 1.29 is 27.8 Å². The summed E-state index contributed by atoms with van der Waals surface area (Å²) >= 11 is 0. The van der Waals surface area contributed by atoms with Gasteiger partial charge in [0.15, 0.2) is 0 Å². The van der Waals surface area contributed by atoms with Gasteiger partial charge >= 0.3 is 6.18 Å². The van der Waals surface area contributed by atoms with Crippen LogP contribution in [0.25, 0.3) is 22.2 Å². The van der Waals surface area contributed by atoms with Gasteiger partial charge in [-0.2, -0.15) is 13.2 Å². The van der Waals surface area contributed by atoms with E-state index in [1.807, 2.05) is 13.0 Å². The van der Waals surface area contributed by atoms with E-state index in [0.717, 1.165) is 17.5 Å². The van der Waals surface area contributed by atoms with Crippen LogP contribution in [0.1, 0.15) is 22.8 Å². The molecule has 3 aromatic carbocycles. The first-order valence-electron chi connectivity index (χ1n) is 11.0. The van der Waals surface area contributed by atoms with E-state index >= 15 is 0 Å². The number of amides is 1. The normalized spacial score (nSPS) is 12.4. The van der Waals surface area contributed by atoms with Crippen molar-refractivity contribution in [3.63, 3.8) is 0 Å². The lowest BCUT2D eigenvalue weighted by Gasteiger charge is -2.13. The van der Waals surface area contributed by atoms with Crippen molar-refractivity contribution in [2.75, 3.05) is 18.5 Å². The van der Waals surface area contributed by atoms with Crippen LogP contribution in [0, 0.1) is 5.92 Å². The average molecular weight is 480 g/mol. The van der Waals surface area contributed by atoms with E-state index in [1.165, 1.54) is 6.07 Å². The summed E-state index contributed by atoms with van der Waals surface area (Å²) in [7, 11) is 0. The SMILES string of the molecule is C[C@@H](CO)COc1cccc(C(=O)Nc2cccc3ccc(-c4cccc(C(F)(F)F)c4)nc23)c1. The number of nitrogens with one attached hydrogen (secondary N) is 1. The van der Waals surface area contributed by atoms with Gasteiger partial charge in [-0.25, -0.2) is 4.98 Å². The number of fused-ring (bicyclic) bond motifs is 1. The molecule has 1 atom stereocenters. The van der Waals surface area contributed by atoms with Crippen LogP contribution in [-0.2, 0) is 6.18 Å². The minimum absolute atomic E-state index is 0.00323. The second-order valence-electron chi connectivity index (χ2n) is 8.23. The fourth-order valence-corrected chi connectivity index (χ4v) is 3.48. The number of benzene rings is 3. The number of hydrogen-bond donors (Lipinski definition) is 2. The molecule has 5 nitrogen and oxygen atoms in total. The third-order valence-electron chi connectivity index (χ3n) is 5.40. The molecule has 2 N–H and O–H groups in total. The molecule has 8 heteroatoms. The highest BCUT2D eigenvalue weighted by Gasteiger charge is 2.30. The number of aliphatic hydroxyl groups excluding tert-OH is 1. The molecule has 4 aromatic rings. The molecule has 0 bridgehead atoms. The van der Waals surface area contributed by atoms with Crippen LogP contribution in [0.3, 0.4) is 0 Å². The zero-order valence-electron chi connectivity index (χ0n) is 18.8. The number of alkyl halides is 3. The number of para-hydroxylation sites is 1. The molecule has 0 fully saturated rings. The maximum atomic E-state index is 13.2. The Morgan fingerprint density at radius 2 is 1.80 bits per heavy atom. The van der Waals surface area contributed by atoms with E-state index in [-0.39, 0.29) is 18.4 Å². The van der Waals surface area contributed by atoms with Gasteiger partial charge < -0.3 is 15.2 Å². The molecule has 0 aliphatic carbocycles. The summed E-state index contributed by atoms with van der Waals surface area (Å²) in [5.74, 6) is 0.0746. The number of aliphatic hydroxyl groups is 1. The number of anilines is 1. The summed E-state index contributed by atoms with van der Waals surface area (Å²) in [4.78, 5) is 17.5. The van der Waals surface area contributed by atoms with Crippen molar-refractivity contribution in [1.29, 1.82) is 0 Å². The van der Waals surface area contributed by atoms with E-state index in [1.54, 1.807) is 54.6 Å². The first kappa shape index (κ1) is 24.2. The molecule has 0 spiro atoms. The number of aromatic nitrogens is 1. The average Bonchev–Trinajstić information content (AvgIpc) is 2.87. The number of carbonyl (C=O) groups is 1. The van der Waals surface area contributed by atoms with Gasteiger partial charge in [0, 0.05) is 29.0 Å². The minimum Gasteiger partial charge on any atom is -0.493 e. The molecule has 0 unspecified atom stereocenters. The quantitative estimate of drug-likeness (QED) is 0.331. The van der Waals surface area contributed by atoms with Gasteiger partial charge in [-0.3, -0.25) is 4.79 Å². The van der Waals surface area contributed by atoms with Gasteiger partial charge in [0.2, 0.25) is 0 Å². The van der Waals surface area contributed by atoms with E-state index < -0.39 is 11.7 Å². The summed E-state index contributed by atoms with van der Waals surface area (Å²) in [5, 5.41) is 12.7. The summed E-state index contributed by atoms with van der Waals surface area (Å²) < 4.78 is 45.1. The van der Waals surface area contributed by atoms with Crippen molar-refractivity contribution in [1.82, 2.24) is 4.98 Å². The Bertz CT molecular complexity index is 1360. The number of hydrogen-bond acceptors (Lipinski definition) is 4. The van der Waals surface area contributed by atoms with Crippen LogP contribution in [0.4, 0.5) is 18.9 Å². The Morgan fingerprint density at radius 3 is 2.57 bits per heavy atom. The first-order valence-corrected chi connectivity index (χ1v) is 11.0. The Balaban J connectivity index is 1.62. The van der Waals surface area contributed by atoms with Crippen molar-refractivity contribution >= 4 is 22.5 Å². The fraction of sp³-hybridized carbons (Fsp3) is 0.185. The summed E-state index contributed by atoms with van der Waals surface area (Å²) in [6.45, 7) is 2.15. The van der Waals surface area contributed by atoms with Crippen molar-refractivity contribution in [3.8, 4) is 17.0 Å². The number of halogens is 3. The smallest absolute Gasteiger partial charge is 0.416 e. The number of ether oxygens (including phenoxy) is 1. The van der Waals surface area contributed by atoms with Gasteiger partial charge in [0.25, 0.3) is 5.91 Å². The minimum atomic E-state index is -4.46. The van der Waals surface area contributed by atoms with E-state index in [2.05, 4.69) is 10.3 Å². The predicted molar refractivity (Wildman–Crippen MR) is 128 cm³/mol. The Kier molecular flexibility index (Phi) is 7.02. The third-order valence-corrected chi connectivity index (χ3v) is 5.40. The van der Waals surface area contributed by atoms with E-state index in [4.69, 9.17) is 9.84 Å². The Hall–Kier alpha value is -3.91. The maximum absolute atomic E-state index is 13.2. The number of nitrogens with zero attached hydrogens (tertiary/aromatic N) is 1. The molecule has 1 aromatic heterocycles. The molecule has 0 aliphatic heterocycles. The standard InChI is InChI=1S/C27H23F3N2O3/c1-17(15-33)16-35-22-9-3-7-20(14-22)26(34)32-24-10-4-5-18-11-12-23(31-25(18)24)19-6-2-8-21(13-19)27(28,29)30/h2-14,17,33H,15-16H2,1H3,(H,32,34)/t17-/m0/s1. The molecule has 0 saturated carbocycles. The molecule has 35 heavy (non-hydrogen) atoms. The van der Waals surface area contributed by atoms with Crippen molar-refractivity contribution in [2.24, 2.45) is 5.92 Å². The molecule has 0 saturated heterocycles. The summed E-state index contributed by atoms with van der Waals surface area (Å²) in [5.41, 5.74) is 1.18. The fourth-order valence-electron chi connectivity index (χ4n) is 3.48. The van der Waals surface area contributed by atoms with Crippen LogP contribution in [0.15, 0.2) is 78.9 Å². The zero-order valence-corrected chi connectivity index (χ0v) is 18.8. The number of rotatable bonds is 7. The lowest BCUT2D eigenvalue weighted by molar-refractivity contribution is -0.137. The van der Waals surface area contributed by atoms with Crippen LogP contribution in [0.2, 0.25) is 0 Å². The Labute approximate surface area is 200 Å². The van der Waals surface area contributed by atoms with Crippen LogP contribution in [-0.4, -0.2) is 29.2 Å². The Morgan fingerprint density at radius 1 is 1.03 bits per heavy atom. The third kappa shape index (κ3) is 5.78. The van der Waals surface area contributed by atoms with Gasteiger partial charge in [-0.15, -0.1) is 0 Å². The highest BCUT2D eigenvalue weighted by Crippen LogP contribution is 2.33. The highest BCUT2D eigenvalue weighted by molar-refractivity contribution is 6.08. The number of pyridine rings is 1. The number of carbonyl (C=O) groups excluding carboxylic acids is 1. The van der Waals surface area contributed by atoms with Crippen LogP contribution >= 0.6 is 0 Å². The molecule has 1 amide bonds. The summed E-state index contributed by atoms with van der Waals surface area (Å²) in [6, 6.07) is 20.3. The topological polar surface area (TPSA) is 71.5 Å². The van der Waals surface area contributed by atoms with Crippen LogP contribution < -0.4 is 10.1 Å². The molecular formula is C27H23F3N2O3. The summed E-state index contributed by atoms with van der Waals surface area (Å²) in [6.07, 6.45) is -4.46. The molecule has 0 radical (unpaired) electrons. The lowest BCUT2D eigenvalue weighted by atomic mass is 10.1.